The third kappa shape index (κ3) is 6.15. The molecule has 1 amide bonds. The van der Waals surface area contributed by atoms with Gasteiger partial charge in [0.2, 0.25) is 10.0 Å². The molecular formula is C24H25FN2O3S. The number of rotatable bonds is 8. The Labute approximate surface area is 182 Å². The second kappa shape index (κ2) is 9.75. The maximum atomic E-state index is 13.6. The number of anilines is 1. The van der Waals surface area contributed by atoms with Crippen LogP contribution in [0.1, 0.15) is 34.3 Å². The number of hydrogen-bond acceptors (Lipinski definition) is 3. The molecule has 0 saturated carbocycles. The maximum Gasteiger partial charge on any atom is 0.251 e. The summed E-state index contributed by atoms with van der Waals surface area (Å²) in [5.41, 5.74) is 2.57. The number of amides is 1. The number of carbonyl (C=O) groups is 1. The lowest BCUT2D eigenvalue weighted by Gasteiger charge is -2.22. The largest absolute Gasteiger partial charge is 0.351 e. The Morgan fingerprint density at radius 1 is 1.00 bits per heavy atom. The van der Waals surface area contributed by atoms with Gasteiger partial charge in [-0.25, -0.2) is 12.8 Å². The van der Waals surface area contributed by atoms with Gasteiger partial charge in [-0.3, -0.25) is 9.10 Å². The first-order chi connectivity index (χ1) is 14.7. The van der Waals surface area contributed by atoms with Crippen LogP contribution in [0.25, 0.3) is 0 Å². The van der Waals surface area contributed by atoms with Gasteiger partial charge in [0.25, 0.3) is 5.91 Å². The molecule has 162 valence electrons. The van der Waals surface area contributed by atoms with Crippen LogP contribution in [-0.4, -0.2) is 27.1 Å². The van der Waals surface area contributed by atoms with Crippen molar-refractivity contribution < 1.29 is 17.6 Å². The van der Waals surface area contributed by atoms with Gasteiger partial charge in [0.1, 0.15) is 5.82 Å². The van der Waals surface area contributed by atoms with Gasteiger partial charge in [0.05, 0.1) is 18.5 Å². The molecule has 1 N–H and O–H groups in total. The molecule has 1 atom stereocenters. The van der Waals surface area contributed by atoms with Crippen molar-refractivity contribution in [3.05, 3.63) is 101 Å². The molecule has 0 saturated heterocycles. The quantitative estimate of drug-likeness (QED) is 0.567. The molecule has 0 bridgehead atoms. The van der Waals surface area contributed by atoms with Crippen LogP contribution in [0.3, 0.4) is 0 Å². The first kappa shape index (κ1) is 22.5. The van der Waals surface area contributed by atoms with Crippen molar-refractivity contribution in [1.82, 2.24) is 5.32 Å². The van der Waals surface area contributed by atoms with Crippen LogP contribution < -0.4 is 9.62 Å². The number of hydrogen-bond donors (Lipinski definition) is 1. The molecular weight excluding hydrogens is 415 g/mol. The molecule has 0 spiro atoms. The van der Waals surface area contributed by atoms with Crippen molar-refractivity contribution >= 4 is 21.6 Å². The Hall–Kier alpha value is -3.19. The SMILES string of the molecule is CC(CNC(=O)c1ccc(CN(c2cccc(F)c2)S(C)(=O)=O)cc1)c1ccccc1. The molecule has 0 aliphatic rings. The summed E-state index contributed by atoms with van der Waals surface area (Å²) in [6.45, 7) is 2.59. The summed E-state index contributed by atoms with van der Waals surface area (Å²) in [7, 11) is -3.62. The summed E-state index contributed by atoms with van der Waals surface area (Å²) in [5.74, 6) is -0.527. The predicted octanol–water partition coefficient (Wildman–Crippen LogP) is 4.33. The summed E-state index contributed by atoms with van der Waals surface area (Å²) in [4.78, 5) is 12.5. The molecule has 0 heterocycles. The van der Waals surface area contributed by atoms with Gasteiger partial charge in [-0.1, -0.05) is 55.5 Å². The van der Waals surface area contributed by atoms with Gasteiger partial charge in [-0.05, 0) is 47.4 Å². The molecule has 3 aromatic carbocycles. The Kier molecular flexibility index (Phi) is 7.07. The molecule has 1 unspecified atom stereocenters. The van der Waals surface area contributed by atoms with Crippen LogP contribution in [0.2, 0.25) is 0 Å². The number of carbonyl (C=O) groups excluding carboxylic acids is 1. The minimum Gasteiger partial charge on any atom is -0.351 e. The van der Waals surface area contributed by atoms with Gasteiger partial charge >= 0.3 is 0 Å². The average molecular weight is 441 g/mol. The Morgan fingerprint density at radius 2 is 1.68 bits per heavy atom. The number of benzene rings is 3. The predicted molar refractivity (Wildman–Crippen MR) is 121 cm³/mol. The number of halogens is 1. The van der Waals surface area contributed by atoms with Crippen molar-refractivity contribution in [2.24, 2.45) is 0 Å². The summed E-state index contributed by atoms with van der Waals surface area (Å²) >= 11 is 0. The molecule has 3 aromatic rings. The van der Waals surface area contributed by atoms with E-state index in [9.17, 15) is 17.6 Å². The Morgan fingerprint density at radius 3 is 2.29 bits per heavy atom. The summed E-state index contributed by atoms with van der Waals surface area (Å²) in [5, 5.41) is 2.93. The molecule has 0 aromatic heterocycles. The summed E-state index contributed by atoms with van der Waals surface area (Å²) in [6.07, 6.45) is 1.08. The maximum absolute atomic E-state index is 13.6. The smallest absolute Gasteiger partial charge is 0.251 e. The zero-order valence-electron chi connectivity index (χ0n) is 17.5. The molecule has 7 heteroatoms. The van der Waals surface area contributed by atoms with E-state index in [-0.39, 0.29) is 24.1 Å². The van der Waals surface area contributed by atoms with E-state index in [1.807, 2.05) is 37.3 Å². The van der Waals surface area contributed by atoms with Gasteiger partial charge in [-0.15, -0.1) is 0 Å². The highest BCUT2D eigenvalue weighted by atomic mass is 32.2. The average Bonchev–Trinajstić information content (AvgIpc) is 2.75. The first-order valence-electron chi connectivity index (χ1n) is 9.89. The van der Waals surface area contributed by atoms with Crippen LogP contribution >= 0.6 is 0 Å². The molecule has 3 rings (SSSR count). The highest BCUT2D eigenvalue weighted by molar-refractivity contribution is 7.92. The topological polar surface area (TPSA) is 66.5 Å². The monoisotopic (exact) mass is 440 g/mol. The molecule has 5 nitrogen and oxygen atoms in total. The molecule has 0 radical (unpaired) electrons. The number of nitrogens with one attached hydrogen (secondary N) is 1. The van der Waals surface area contributed by atoms with Crippen molar-refractivity contribution in [3.8, 4) is 0 Å². The van der Waals surface area contributed by atoms with E-state index in [1.165, 1.54) is 18.2 Å². The minimum absolute atomic E-state index is 0.0369. The minimum atomic E-state index is -3.62. The fourth-order valence-corrected chi connectivity index (χ4v) is 4.09. The van der Waals surface area contributed by atoms with Crippen molar-refractivity contribution in [1.29, 1.82) is 0 Å². The second-order valence-corrected chi connectivity index (χ2v) is 9.37. The number of nitrogens with zero attached hydrogens (tertiary/aromatic N) is 1. The van der Waals surface area contributed by atoms with E-state index >= 15 is 0 Å². The molecule has 0 fully saturated rings. The Bertz CT molecular complexity index is 1130. The van der Waals surface area contributed by atoms with E-state index < -0.39 is 15.8 Å². The van der Waals surface area contributed by atoms with Crippen LogP contribution in [0.5, 0.6) is 0 Å². The second-order valence-electron chi connectivity index (χ2n) is 7.47. The van der Waals surface area contributed by atoms with Gasteiger partial charge in [0.15, 0.2) is 0 Å². The van der Waals surface area contributed by atoms with E-state index in [4.69, 9.17) is 0 Å². The fourth-order valence-electron chi connectivity index (χ4n) is 3.21. The lowest BCUT2D eigenvalue weighted by atomic mass is 10.0. The lowest BCUT2D eigenvalue weighted by molar-refractivity contribution is 0.0951. The van der Waals surface area contributed by atoms with Gasteiger partial charge < -0.3 is 5.32 Å². The third-order valence-corrected chi connectivity index (χ3v) is 6.12. The lowest BCUT2D eigenvalue weighted by Crippen LogP contribution is -2.29. The van der Waals surface area contributed by atoms with E-state index in [0.29, 0.717) is 17.7 Å². The fraction of sp³-hybridized carbons (Fsp3) is 0.208. The van der Waals surface area contributed by atoms with Gasteiger partial charge in [0, 0.05) is 12.1 Å². The third-order valence-electron chi connectivity index (χ3n) is 4.98. The highest BCUT2D eigenvalue weighted by Crippen LogP contribution is 2.22. The van der Waals surface area contributed by atoms with E-state index in [1.54, 1.807) is 30.3 Å². The molecule has 0 aliphatic carbocycles. The normalized spacial score (nSPS) is 12.2. The van der Waals surface area contributed by atoms with Gasteiger partial charge in [-0.2, -0.15) is 0 Å². The zero-order valence-corrected chi connectivity index (χ0v) is 18.3. The Balaban J connectivity index is 1.66. The summed E-state index contributed by atoms with van der Waals surface area (Å²) < 4.78 is 39.2. The van der Waals surface area contributed by atoms with Crippen molar-refractivity contribution in [3.63, 3.8) is 0 Å². The molecule has 0 aliphatic heterocycles. The first-order valence-corrected chi connectivity index (χ1v) is 11.7. The van der Waals surface area contributed by atoms with Crippen LogP contribution in [0.4, 0.5) is 10.1 Å². The van der Waals surface area contributed by atoms with Crippen LogP contribution in [-0.2, 0) is 16.6 Å². The highest BCUT2D eigenvalue weighted by Gasteiger charge is 2.18. The standard InChI is InChI=1S/C24H25FN2O3S/c1-18(20-7-4-3-5-8-20)16-26-24(28)21-13-11-19(12-14-21)17-27(31(2,29)30)23-10-6-9-22(25)15-23/h3-15,18H,16-17H2,1-2H3,(H,26,28). The zero-order chi connectivity index (χ0) is 22.4. The van der Waals surface area contributed by atoms with Crippen LogP contribution in [0.15, 0.2) is 78.9 Å². The van der Waals surface area contributed by atoms with Crippen molar-refractivity contribution in [2.75, 3.05) is 17.1 Å². The van der Waals surface area contributed by atoms with E-state index in [0.717, 1.165) is 16.1 Å². The number of sulfonamides is 1. The van der Waals surface area contributed by atoms with Crippen molar-refractivity contribution in [2.45, 2.75) is 19.4 Å². The van der Waals surface area contributed by atoms with E-state index in [2.05, 4.69) is 5.32 Å². The molecule has 31 heavy (non-hydrogen) atoms. The van der Waals surface area contributed by atoms with Crippen LogP contribution in [0, 0.1) is 5.82 Å². The summed E-state index contributed by atoms with van der Waals surface area (Å²) in [6, 6.07) is 22.1.